The average Bonchev–Trinajstić information content (AvgIpc) is 1.89. The number of phenolic OH excluding ortho intramolecular Hbond substituents is 1. The summed E-state index contributed by atoms with van der Waals surface area (Å²) in [6.45, 7) is 0. The van der Waals surface area contributed by atoms with Crippen molar-refractivity contribution >= 4 is 13.7 Å². The lowest BCUT2D eigenvalue weighted by Crippen LogP contribution is -1.89. The SMILES string of the molecule is BNc1ccccc1O. The molecule has 0 atom stereocenters. The van der Waals surface area contributed by atoms with Crippen molar-refractivity contribution in [2.24, 2.45) is 0 Å². The average molecular weight is 121 g/mol. The maximum atomic E-state index is 9.05. The normalized spacial score (nSPS) is 8.89. The second-order valence-electron chi connectivity index (χ2n) is 1.77. The summed E-state index contributed by atoms with van der Waals surface area (Å²) in [6.07, 6.45) is 0. The molecule has 1 aromatic rings. The standard InChI is InChI=1S/C6H8BNO/c7-8-5-3-1-2-4-6(5)9/h1-4,8-9H,7H2. The number of anilines is 1. The van der Waals surface area contributed by atoms with E-state index in [1.165, 1.54) is 0 Å². The molecule has 2 nitrogen and oxygen atoms in total. The highest BCUT2D eigenvalue weighted by atomic mass is 16.3. The molecule has 0 amide bonds. The van der Waals surface area contributed by atoms with E-state index in [1.54, 1.807) is 20.1 Å². The maximum absolute atomic E-state index is 9.05. The molecule has 0 fully saturated rings. The van der Waals surface area contributed by atoms with Crippen LogP contribution in [0.15, 0.2) is 24.3 Å². The van der Waals surface area contributed by atoms with E-state index in [4.69, 9.17) is 5.11 Å². The molecule has 0 saturated heterocycles. The summed E-state index contributed by atoms with van der Waals surface area (Å²) >= 11 is 0. The van der Waals surface area contributed by atoms with Gasteiger partial charge >= 0.3 is 0 Å². The van der Waals surface area contributed by atoms with Gasteiger partial charge in [-0.05, 0) is 12.1 Å². The lowest BCUT2D eigenvalue weighted by molar-refractivity contribution is 0.478. The molecule has 1 aromatic carbocycles. The van der Waals surface area contributed by atoms with Crippen LogP contribution in [0.25, 0.3) is 0 Å². The molecule has 0 bridgehead atoms. The van der Waals surface area contributed by atoms with Crippen molar-refractivity contribution in [3.05, 3.63) is 24.3 Å². The van der Waals surface area contributed by atoms with Gasteiger partial charge in [-0.3, -0.25) is 0 Å². The maximum Gasteiger partial charge on any atom is 0.214 e. The van der Waals surface area contributed by atoms with Gasteiger partial charge in [0.1, 0.15) is 5.75 Å². The number of phenols is 1. The summed E-state index contributed by atoms with van der Waals surface area (Å²) in [6, 6.07) is 7.11. The summed E-state index contributed by atoms with van der Waals surface area (Å²) < 4.78 is 0. The molecule has 0 aromatic heterocycles. The van der Waals surface area contributed by atoms with E-state index in [-0.39, 0.29) is 0 Å². The molecule has 0 radical (unpaired) electrons. The van der Waals surface area contributed by atoms with Crippen LogP contribution in [-0.4, -0.2) is 13.1 Å². The van der Waals surface area contributed by atoms with Gasteiger partial charge in [0.2, 0.25) is 7.98 Å². The van der Waals surface area contributed by atoms with Crippen LogP contribution >= 0.6 is 0 Å². The topological polar surface area (TPSA) is 32.3 Å². The third-order valence-electron chi connectivity index (χ3n) is 1.17. The lowest BCUT2D eigenvalue weighted by atomic mass is 10.2. The zero-order valence-electron chi connectivity index (χ0n) is 5.26. The largest absolute Gasteiger partial charge is 0.506 e. The van der Waals surface area contributed by atoms with Crippen molar-refractivity contribution in [2.45, 2.75) is 0 Å². The fourth-order valence-electron chi connectivity index (χ4n) is 0.685. The number of hydrogen-bond acceptors (Lipinski definition) is 2. The van der Waals surface area contributed by atoms with E-state index in [0.29, 0.717) is 5.75 Å². The van der Waals surface area contributed by atoms with E-state index in [0.717, 1.165) is 5.69 Å². The van der Waals surface area contributed by atoms with Crippen molar-refractivity contribution in [2.75, 3.05) is 5.23 Å². The van der Waals surface area contributed by atoms with Crippen LogP contribution < -0.4 is 5.23 Å². The number of nitrogens with one attached hydrogen (secondary N) is 1. The minimum atomic E-state index is 0.292. The third-order valence-corrected chi connectivity index (χ3v) is 1.17. The Hall–Kier alpha value is -1.12. The Bertz CT molecular complexity index is 202. The van der Waals surface area contributed by atoms with Gasteiger partial charge in [-0.2, -0.15) is 0 Å². The smallest absolute Gasteiger partial charge is 0.214 e. The first kappa shape index (κ1) is 6.01. The minimum Gasteiger partial charge on any atom is -0.506 e. The molecule has 0 unspecified atom stereocenters. The first-order valence-corrected chi connectivity index (χ1v) is 2.80. The van der Waals surface area contributed by atoms with E-state index in [9.17, 15) is 0 Å². The van der Waals surface area contributed by atoms with Crippen LogP contribution in [0, 0.1) is 0 Å². The molecule has 0 saturated carbocycles. The first-order chi connectivity index (χ1) is 4.34. The number of aromatic hydroxyl groups is 1. The fraction of sp³-hybridized carbons (Fsp3) is 0. The Balaban J connectivity index is 3.01. The number of rotatable bonds is 1. The zero-order chi connectivity index (χ0) is 6.69. The molecular weight excluding hydrogens is 113 g/mol. The molecular formula is C6H8BNO. The third kappa shape index (κ3) is 1.16. The molecule has 0 aliphatic carbocycles. The number of benzene rings is 1. The van der Waals surface area contributed by atoms with Crippen LogP contribution in [0.1, 0.15) is 0 Å². The highest BCUT2D eigenvalue weighted by Crippen LogP contribution is 2.19. The summed E-state index contributed by atoms with van der Waals surface area (Å²) in [4.78, 5) is 0. The quantitative estimate of drug-likeness (QED) is 0.415. The molecule has 0 aliphatic rings. The fourth-order valence-corrected chi connectivity index (χ4v) is 0.685. The molecule has 0 aliphatic heterocycles. The van der Waals surface area contributed by atoms with E-state index in [2.05, 4.69) is 5.23 Å². The second-order valence-corrected chi connectivity index (χ2v) is 1.77. The Morgan fingerprint density at radius 3 is 2.44 bits per heavy atom. The zero-order valence-corrected chi connectivity index (χ0v) is 5.26. The van der Waals surface area contributed by atoms with Gasteiger partial charge in [0.15, 0.2) is 0 Å². The number of para-hydroxylation sites is 2. The van der Waals surface area contributed by atoms with Gasteiger partial charge in [-0.1, -0.05) is 12.1 Å². The Kier molecular flexibility index (Phi) is 1.63. The van der Waals surface area contributed by atoms with Crippen LogP contribution in [0.3, 0.4) is 0 Å². The van der Waals surface area contributed by atoms with Gasteiger partial charge in [0.05, 0.1) is 5.69 Å². The van der Waals surface area contributed by atoms with E-state index < -0.39 is 0 Å². The van der Waals surface area contributed by atoms with Gasteiger partial charge in [-0.15, -0.1) is 0 Å². The Labute approximate surface area is 54.9 Å². The highest BCUT2D eigenvalue weighted by Gasteiger charge is 1.91. The van der Waals surface area contributed by atoms with Crippen LogP contribution in [0.2, 0.25) is 0 Å². The molecule has 0 spiro atoms. The van der Waals surface area contributed by atoms with Crippen LogP contribution in [0.4, 0.5) is 5.69 Å². The van der Waals surface area contributed by atoms with Crippen molar-refractivity contribution in [1.29, 1.82) is 0 Å². The van der Waals surface area contributed by atoms with Gasteiger partial charge in [0.25, 0.3) is 0 Å². The second kappa shape index (κ2) is 2.44. The predicted octanol–water partition coefficient (Wildman–Crippen LogP) is 0.352. The van der Waals surface area contributed by atoms with E-state index >= 15 is 0 Å². The summed E-state index contributed by atoms with van der Waals surface area (Å²) in [5.74, 6) is 0.292. The van der Waals surface area contributed by atoms with Gasteiger partial charge < -0.3 is 10.3 Å². The molecule has 1 rings (SSSR count). The summed E-state index contributed by atoms with van der Waals surface area (Å²) in [5.41, 5.74) is 0.762. The Morgan fingerprint density at radius 1 is 1.33 bits per heavy atom. The van der Waals surface area contributed by atoms with Gasteiger partial charge in [0, 0.05) is 0 Å². The van der Waals surface area contributed by atoms with Crippen molar-refractivity contribution in [3.8, 4) is 5.75 Å². The number of hydrogen-bond donors (Lipinski definition) is 2. The molecule has 46 valence electrons. The molecule has 2 N–H and O–H groups in total. The molecule has 3 heteroatoms. The first-order valence-electron chi connectivity index (χ1n) is 2.80. The van der Waals surface area contributed by atoms with E-state index in [1.807, 2.05) is 12.1 Å². The summed E-state index contributed by atoms with van der Waals surface area (Å²) in [5, 5.41) is 11.9. The molecule has 0 heterocycles. The monoisotopic (exact) mass is 121 g/mol. The van der Waals surface area contributed by atoms with Crippen molar-refractivity contribution in [1.82, 2.24) is 0 Å². The van der Waals surface area contributed by atoms with Crippen molar-refractivity contribution in [3.63, 3.8) is 0 Å². The predicted molar refractivity (Wildman–Crippen MR) is 40.3 cm³/mol. The Morgan fingerprint density at radius 2 is 2.00 bits per heavy atom. The lowest BCUT2D eigenvalue weighted by Gasteiger charge is -2.00. The minimum absolute atomic E-state index is 0.292. The van der Waals surface area contributed by atoms with Crippen molar-refractivity contribution < 1.29 is 5.11 Å². The summed E-state index contributed by atoms with van der Waals surface area (Å²) in [7, 11) is 1.77. The molecule has 9 heavy (non-hydrogen) atoms. The van der Waals surface area contributed by atoms with Crippen LogP contribution in [-0.2, 0) is 0 Å². The highest BCUT2D eigenvalue weighted by molar-refractivity contribution is 6.16. The van der Waals surface area contributed by atoms with Gasteiger partial charge in [-0.25, -0.2) is 0 Å². The van der Waals surface area contributed by atoms with Crippen LogP contribution in [0.5, 0.6) is 5.75 Å².